The summed E-state index contributed by atoms with van der Waals surface area (Å²) in [4.78, 5) is 10.5. The fourth-order valence-corrected chi connectivity index (χ4v) is 2.64. The van der Waals surface area contributed by atoms with Crippen LogP contribution >= 0.6 is 0 Å². The zero-order valence-electron chi connectivity index (χ0n) is 10.4. The fourth-order valence-electron chi connectivity index (χ4n) is 2.64. The highest BCUT2D eigenvalue weighted by molar-refractivity contribution is 5.71. The van der Waals surface area contributed by atoms with Crippen LogP contribution in [0.25, 0.3) is 11.1 Å². The van der Waals surface area contributed by atoms with Gasteiger partial charge in [-0.05, 0) is 18.4 Å². The van der Waals surface area contributed by atoms with Crippen molar-refractivity contribution in [2.75, 3.05) is 0 Å². The molecular formula is C13H14N4O2. The molecule has 3 rings (SSSR count). The first-order valence-corrected chi connectivity index (χ1v) is 6.24. The minimum atomic E-state index is -0.380. The van der Waals surface area contributed by atoms with E-state index in [2.05, 4.69) is 5.10 Å². The van der Waals surface area contributed by atoms with E-state index in [1.54, 1.807) is 12.1 Å². The molecule has 2 heterocycles. The largest absolute Gasteiger partial charge is 0.325 e. The van der Waals surface area contributed by atoms with Crippen LogP contribution in [0.4, 0.5) is 5.69 Å². The normalized spacial score (nSPS) is 13.5. The maximum atomic E-state index is 10.9. The summed E-state index contributed by atoms with van der Waals surface area (Å²) in [6.07, 6.45) is 2.01. The summed E-state index contributed by atoms with van der Waals surface area (Å²) in [5.41, 5.74) is 9.59. The summed E-state index contributed by atoms with van der Waals surface area (Å²) in [6.45, 7) is 1.25. The van der Waals surface area contributed by atoms with E-state index in [-0.39, 0.29) is 10.6 Å². The predicted octanol–water partition coefficient (Wildman–Crippen LogP) is 1.86. The summed E-state index contributed by atoms with van der Waals surface area (Å²) in [7, 11) is 0. The van der Waals surface area contributed by atoms with Crippen LogP contribution in [0.15, 0.2) is 24.3 Å². The zero-order chi connectivity index (χ0) is 13.4. The van der Waals surface area contributed by atoms with Crippen LogP contribution < -0.4 is 5.73 Å². The molecule has 1 aliphatic rings. The number of nitrogens with two attached hydrogens (primary N) is 1. The van der Waals surface area contributed by atoms with Gasteiger partial charge in [0.1, 0.15) is 0 Å². The molecule has 0 atom stereocenters. The molecule has 0 spiro atoms. The van der Waals surface area contributed by atoms with Gasteiger partial charge in [0.05, 0.1) is 10.6 Å². The number of hydrogen-bond donors (Lipinski definition) is 1. The Balaban J connectivity index is 2.16. The van der Waals surface area contributed by atoms with Gasteiger partial charge in [0.25, 0.3) is 5.69 Å². The Bertz CT molecular complexity index is 648. The van der Waals surface area contributed by atoms with E-state index < -0.39 is 0 Å². The molecule has 1 aromatic heterocycles. The third kappa shape index (κ3) is 1.90. The minimum absolute atomic E-state index is 0.0958. The number of nitro groups is 1. The van der Waals surface area contributed by atoms with Crippen LogP contribution in [-0.2, 0) is 19.5 Å². The number of hydrogen-bond acceptors (Lipinski definition) is 4. The molecule has 6 heteroatoms. The molecule has 1 aromatic carbocycles. The van der Waals surface area contributed by atoms with Crippen molar-refractivity contribution in [1.82, 2.24) is 9.78 Å². The van der Waals surface area contributed by atoms with Crippen molar-refractivity contribution in [3.8, 4) is 11.1 Å². The first-order chi connectivity index (χ1) is 9.20. The molecule has 0 radical (unpaired) electrons. The molecule has 0 saturated heterocycles. The van der Waals surface area contributed by atoms with E-state index in [4.69, 9.17) is 5.73 Å². The van der Waals surface area contributed by atoms with Crippen molar-refractivity contribution in [2.24, 2.45) is 5.73 Å². The molecule has 0 aliphatic carbocycles. The maximum Gasteiger partial charge on any atom is 0.270 e. The third-order valence-corrected chi connectivity index (χ3v) is 3.45. The summed E-state index contributed by atoms with van der Waals surface area (Å²) in [5.74, 6) is 0. The predicted molar refractivity (Wildman–Crippen MR) is 70.5 cm³/mol. The number of nitro benzene ring substituents is 1. The van der Waals surface area contributed by atoms with Crippen molar-refractivity contribution < 1.29 is 4.92 Å². The van der Waals surface area contributed by atoms with Gasteiger partial charge in [-0.1, -0.05) is 12.1 Å². The van der Waals surface area contributed by atoms with Crippen molar-refractivity contribution in [1.29, 1.82) is 0 Å². The Morgan fingerprint density at radius 3 is 3.05 bits per heavy atom. The van der Waals surface area contributed by atoms with Gasteiger partial charge in [-0.25, -0.2) is 0 Å². The summed E-state index contributed by atoms with van der Waals surface area (Å²) in [6, 6.07) is 6.67. The Kier molecular flexibility index (Phi) is 2.79. The van der Waals surface area contributed by atoms with Gasteiger partial charge in [-0.2, -0.15) is 5.10 Å². The summed E-state index contributed by atoms with van der Waals surface area (Å²) >= 11 is 0. The van der Waals surface area contributed by atoms with Gasteiger partial charge in [-0.15, -0.1) is 0 Å². The molecule has 19 heavy (non-hydrogen) atoms. The maximum absolute atomic E-state index is 10.9. The quantitative estimate of drug-likeness (QED) is 0.672. The number of fused-ring (bicyclic) bond motifs is 1. The molecule has 0 unspecified atom stereocenters. The number of rotatable bonds is 3. The van der Waals surface area contributed by atoms with Crippen molar-refractivity contribution in [3.63, 3.8) is 0 Å². The first-order valence-electron chi connectivity index (χ1n) is 6.24. The highest BCUT2D eigenvalue weighted by Crippen LogP contribution is 2.33. The van der Waals surface area contributed by atoms with Crippen molar-refractivity contribution in [2.45, 2.75) is 25.9 Å². The Morgan fingerprint density at radius 1 is 1.47 bits per heavy atom. The van der Waals surface area contributed by atoms with E-state index in [0.29, 0.717) is 6.54 Å². The van der Waals surface area contributed by atoms with E-state index in [9.17, 15) is 10.1 Å². The SMILES string of the molecule is NCc1nn2c(c1-c1cccc([N+](=O)[O-])c1)CCC2. The molecule has 98 valence electrons. The number of non-ortho nitro benzene ring substituents is 1. The van der Waals surface area contributed by atoms with Crippen LogP contribution in [0.5, 0.6) is 0 Å². The molecule has 0 saturated carbocycles. The number of aryl methyl sites for hydroxylation is 1. The molecule has 1 aliphatic heterocycles. The number of nitrogens with zero attached hydrogens (tertiary/aromatic N) is 3. The first kappa shape index (κ1) is 11.9. The topological polar surface area (TPSA) is 87.0 Å². The van der Waals surface area contributed by atoms with E-state index in [1.165, 1.54) is 6.07 Å². The monoisotopic (exact) mass is 258 g/mol. The number of benzene rings is 1. The lowest BCUT2D eigenvalue weighted by atomic mass is 10.0. The lowest BCUT2D eigenvalue weighted by Crippen LogP contribution is -2.01. The van der Waals surface area contributed by atoms with Gasteiger partial charge in [0.2, 0.25) is 0 Å². The Hall–Kier alpha value is -2.21. The highest BCUT2D eigenvalue weighted by atomic mass is 16.6. The molecular weight excluding hydrogens is 244 g/mol. The zero-order valence-corrected chi connectivity index (χ0v) is 10.4. The smallest absolute Gasteiger partial charge is 0.270 e. The highest BCUT2D eigenvalue weighted by Gasteiger charge is 2.22. The van der Waals surface area contributed by atoms with Crippen LogP contribution in [-0.4, -0.2) is 14.7 Å². The lowest BCUT2D eigenvalue weighted by molar-refractivity contribution is -0.384. The van der Waals surface area contributed by atoms with Crippen LogP contribution in [0.3, 0.4) is 0 Å². The van der Waals surface area contributed by atoms with E-state index >= 15 is 0 Å². The number of aromatic nitrogens is 2. The Labute approximate surface area is 110 Å². The van der Waals surface area contributed by atoms with Gasteiger partial charge in [-0.3, -0.25) is 14.8 Å². The second kappa shape index (κ2) is 4.47. The van der Waals surface area contributed by atoms with E-state index in [1.807, 2.05) is 10.7 Å². The van der Waals surface area contributed by atoms with E-state index in [0.717, 1.165) is 41.9 Å². The van der Waals surface area contributed by atoms with Crippen LogP contribution in [0, 0.1) is 10.1 Å². The molecule has 2 aromatic rings. The minimum Gasteiger partial charge on any atom is -0.325 e. The second-order valence-corrected chi connectivity index (χ2v) is 4.61. The van der Waals surface area contributed by atoms with Gasteiger partial charge in [0, 0.05) is 36.5 Å². The summed E-state index contributed by atoms with van der Waals surface area (Å²) < 4.78 is 1.97. The van der Waals surface area contributed by atoms with Crippen LogP contribution in [0.2, 0.25) is 0 Å². The Morgan fingerprint density at radius 2 is 2.32 bits per heavy atom. The molecule has 0 amide bonds. The average molecular weight is 258 g/mol. The standard InChI is InChI=1S/C13H14N4O2/c14-8-11-13(12-5-2-6-16(12)15-11)9-3-1-4-10(7-9)17(18)19/h1,3-4,7H,2,5-6,8,14H2. The molecule has 0 fully saturated rings. The molecule has 0 bridgehead atoms. The summed E-state index contributed by atoms with van der Waals surface area (Å²) in [5, 5.41) is 15.4. The fraction of sp³-hybridized carbons (Fsp3) is 0.308. The van der Waals surface area contributed by atoms with Gasteiger partial charge >= 0.3 is 0 Å². The van der Waals surface area contributed by atoms with Gasteiger partial charge < -0.3 is 5.73 Å². The molecule has 2 N–H and O–H groups in total. The third-order valence-electron chi connectivity index (χ3n) is 3.45. The van der Waals surface area contributed by atoms with Gasteiger partial charge in [0.15, 0.2) is 0 Å². The lowest BCUT2D eigenvalue weighted by Gasteiger charge is -2.03. The van der Waals surface area contributed by atoms with Crippen molar-refractivity contribution in [3.05, 3.63) is 45.8 Å². The second-order valence-electron chi connectivity index (χ2n) is 4.61. The van der Waals surface area contributed by atoms with Crippen molar-refractivity contribution >= 4 is 5.69 Å². The van der Waals surface area contributed by atoms with Crippen LogP contribution in [0.1, 0.15) is 17.8 Å². The average Bonchev–Trinajstić information content (AvgIpc) is 2.98. The molecule has 6 nitrogen and oxygen atoms in total.